The van der Waals surface area contributed by atoms with Gasteiger partial charge >= 0.3 is 5.97 Å². The topological polar surface area (TPSA) is 48.2 Å². The van der Waals surface area contributed by atoms with E-state index in [0.29, 0.717) is 6.04 Å². The van der Waals surface area contributed by atoms with Crippen molar-refractivity contribution in [3.63, 3.8) is 0 Å². The second-order valence-electron chi connectivity index (χ2n) is 3.41. The van der Waals surface area contributed by atoms with Gasteiger partial charge in [-0.05, 0) is 12.8 Å². The Hall–Kier alpha value is -0.570. The Morgan fingerprint density at radius 2 is 2.45 bits per heavy atom. The predicted molar refractivity (Wildman–Crippen MR) is 40.1 cm³/mol. The van der Waals surface area contributed by atoms with Gasteiger partial charge in [-0.3, -0.25) is 5.32 Å². The van der Waals surface area contributed by atoms with Crippen LogP contribution in [0.5, 0.6) is 0 Å². The smallest absolute Gasteiger partial charge is 0.327 e. The molecule has 1 heterocycles. The molecule has 0 amide bonds. The van der Waals surface area contributed by atoms with Crippen molar-refractivity contribution in [3.8, 4) is 0 Å². The lowest BCUT2D eigenvalue weighted by atomic mass is 9.89. The molecule has 2 aliphatic rings. The van der Waals surface area contributed by atoms with Crippen LogP contribution in [0.15, 0.2) is 0 Å². The van der Waals surface area contributed by atoms with Crippen LogP contribution in [0.2, 0.25) is 0 Å². The number of fused-ring (bicyclic) bond motifs is 1. The fourth-order valence-electron chi connectivity index (χ4n) is 2.07. The second-order valence-corrected chi connectivity index (χ2v) is 3.41. The first kappa shape index (κ1) is 7.10. The van der Waals surface area contributed by atoms with Crippen molar-refractivity contribution in [2.45, 2.75) is 37.3 Å². The van der Waals surface area contributed by atoms with Crippen LogP contribution in [0.4, 0.5) is 0 Å². The van der Waals surface area contributed by atoms with Crippen molar-refractivity contribution in [2.75, 3.05) is 7.11 Å². The van der Waals surface area contributed by atoms with Gasteiger partial charge in [-0.25, -0.2) is 4.79 Å². The summed E-state index contributed by atoms with van der Waals surface area (Å²) in [6, 6.07) is 0.420. The molecule has 11 heavy (non-hydrogen) atoms. The summed E-state index contributed by atoms with van der Waals surface area (Å²) in [6.07, 6.45) is 4.49. The Balaban J connectivity index is 2.07. The molecule has 1 aliphatic carbocycles. The first-order valence-electron chi connectivity index (χ1n) is 4.16. The van der Waals surface area contributed by atoms with E-state index >= 15 is 0 Å². The van der Waals surface area contributed by atoms with Crippen LogP contribution in [-0.4, -0.2) is 24.7 Å². The molecule has 2 fully saturated rings. The van der Waals surface area contributed by atoms with Crippen LogP contribution in [0.25, 0.3) is 0 Å². The highest BCUT2D eigenvalue weighted by Gasteiger charge is 2.61. The van der Waals surface area contributed by atoms with Gasteiger partial charge in [0.1, 0.15) is 5.54 Å². The molecule has 3 nitrogen and oxygen atoms in total. The zero-order valence-corrected chi connectivity index (χ0v) is 6.72. The van der Waals surface area contributed by atoms with E-state index in [1.165, 1.54) is 13.5 Å². The lowest BCUT2D eigenvalue weighted by Gasteiger charge is -2.16. The summed E-state index contributed by atoms with van der Waals surface area (Å²) >= 11 is 0. The fourth-order valence-corrected chi connectivity index (χ4v) is 2.07. The lowest BCUT2D eigenvalue weighted by Crippen LogP contribution is -2.32. The Morgan fingerprint density at radius 1 is 1.64 bits per heavy atom. The number of hydrogen-bond donors (Lipinski definition) is 1. The van der Waals surface area contributed by atoms with Crippen molar-refractivity contribution in [1.29, 1.82) is 0 Å². The van der Waals surface area contributed by atoms with E-state index in [0.717, 1.165) is 19.3 Å². The number of ether oxygens (including phenoxy) is 1. The molecule has 2 rings (SSSR count). The van der Waals surface area contributed by atoms with Crippen molar-refractivity contribution in [2.24, 2.45) is 0 Å². The van der Waals surface area contributed by atoms with Crippen molar-refractivity contribution >= 4 is 5.97 Å². The summed E-state index contributed by atoms with van der Waals surface area (Å²) in [4.78, 5) is 11.2. The number of esters is 1. The Morgan fingerprint density at radius 3 is 3.09 bits per heavy atom. The van der Waals surface area contributed by atoms with Gasteiger partial charge in [0.2, 0.25) is 0 Å². The third kappa shape index (κ3) is 0.872. The number of hydrogen-bond acceptors (Lipinski definition) is 3. The van der Waals surface area contributed by atoms with Crippen LogP contribution in [0.1, 0.15) is 25.7 Å². The summed E-state index contributed by atoms with van der Waals surface area (Å²) in [7, 11) is 1.46. The van der Waals surface area contributed by atoms with Crippen LogP contribution < -0.4 is 5.32 Å². The predicted octanol–water partition coefficient (Wildman–Crippen LogP) is 0.444. The minimum Gasteiger partial charge on any atom is -0.468 e. The van der Waals surface area contributed by atoms with Crippen LogP contribution in [0, 0.1) is 0 Å². The van der Waals surface area contributed by atoms with Crippen molar-refractivity contribution in [3.05, 3.63) is 0 Å². The van der Waals surface area contributed by atoms with E-state index in [-0.39, 0.29) is 11.5 Å². The maximum atomic E-state index is 11.2. The summed E-state index contributed by atoms with van der Waals surface area (Å²) < 4.78 is 4.73. The fraction of sp³-hybridized carbons (Fsp3) is 0.875. The van der Waals surface area contributed by atoms with E-state index in [2.05, 4.69) is 5.32 Å². The molecule has 2 atom stereocenters. The molecule has 1 aliphatic heterocycles. The van der Waals surface area contributed by atoms with Gasteiger partial charge in [0.15, 0.2) is 0 Å². The first-order chi connectivity index (χ1) is 5.29. The van der Waals surface area contributed by atoms with Crippen molar-refractivity contribution in [1.82, 2.24) is 5.32 Å². The number of carbonyl (C=O) groups is 1. The molecule has 0 radical (unpaired) electrons. The minimum atomic E-state index is -0.257. The van der Waals surface area contributed by atoms with E-state index in [9.17, 15) is 4.79 Å². The summed E-state index contributed by atoms with van der Waals surface area (Å²) in [6.45, 7) is 0. The zero-order chi connectivity index (χ0) is 7.90. The summed E-state index contributed by atoms with van der Waals surface area (Å²) in [5.74, 6) is -0.0674. The second kappa shape index (κ2) is 2.21. The molecule has 62 valence electrons. The summed E-state index contributed by atoms with van der Waals surface area (Å²) in [5.41, 5.74) is -0.257. The van der Waals surface area contributed by atoms with E-state index in [4.69, 9.17) is 4.74 Å². The SMILES string of the molecule is COC(=O)C12CCCCC1N2. The third-order valence-electron chi connectivity index (χ3n) is 2.81. The van der Waals surface area contributed by atoms with E-state index < -0.39 is 0 Å². The summed E-state index contributed by atoms with van der Waals surface area (Å²) in [5, 5.41) is 3.22. The van der Waals surface area contributed by atoms with Gasteiger partial charge in [-0.15, -0.1) is 0 Å². The molecule has 2 unspecified atom stereocenters. The van der Waals surface area contributed by atoms with Crippen LogP contribution in [0.3, 0.4) is 0 Å². The Bertz CT molecular complexity index is 193. The van der Waals surface area contributed by atoms with E-state index in [1.54, 1.807) is 0 Å². The number of nitrogens with one attached hydrogen (secondary N) is 1. The molecule has 1 saturated carbocycles. The lowest BCUT2D eigenvalue weighted by molar-refractivity contribution is -0.144. The largest absolute Gasteiger partial charge is 0.468 e. The van der Waals surface area contributed by atoms with Gasteiger partial charge in [0, 0.05) is 6.04 Å². The van der Waals surface area contributed by atoms with Crippen LogP contribution in [-0.2, 0) is 9.53 Å². The monoisotopic (exact) mass is 155 g/mol. The highest BCUT2D eigenvalue weighted by molar-refractivity contribution is 5.86. The van der Waals surface area contributed by atoms with Gasteiger partial charge < -0.3 is 4.74 Å². The standard InChI is InChI=1S/C8H13NO2/c1-11-7(10)8-5-3-2-4-6(8)9-8/h6,9H,2-5H2,1H3. The Labute approximate surface area is 66.1 Å². The molecule has 0 spiro atoms. The maximum absolute atomic E-state index is 11.2. The normalized spacial score (nSPS) is 41.0. The molecule has 0 aromatic heterocycles. The number of methoxy groups -OCH3 is 1. The Kier molecular flexibility index (Phi) is 1.42. The molecular formula is C8H13NO2. The van der Waals surface area contributed by atoms with Gasteiger partial charge in [0.05, 0.1) is 7.11 Å². The first-order valence-corrected chi connectivity index (χ1v) is 4.16. The quantitative estimate of drug-likeness (QED) is 0.441. The third-order valence-corrected chi connectivity index (χ3v) is 2.81. The number of carbonyl (C=O) groups excluding carboxylic acids is 1. The van der Waals surface area contributed by atoms with Crippen LogP contribution >= 0.6 is 0 Å². The zero-order valence-electron chi connectivity index (χ0n) is 6.72. The molecule has 0 aromatic rings. The molecule has 0 bridgehead atoms. The molecule has 0 aromatic carbocycles. The number of rotatable bonds is 1. The molecule has 1 saturated heterocycles. The highest BCUT2D eigenvalue weighted by Crippen LogP contribution is 2.40. The van der Waals surface area contributed by atoms with Crippen molar-refractivity contribution < 1.29 is 9.53 Å². The maximum Gasteiger partial charge on any atom is 0.327 e. The molecule has 1 N–H and O–H groups in total. The van der Waals surface area contributed by atoms with E-state index in [1.807, 2.05) is 0 Å². The highest BCUT2D eigenvalue weighted by atomic mass is 16.5. The molecule has 3 heteroatoms. The molecular weight excluding hydrogens is 142 g/mol. The minimum absolute atomic E-state index is 0.0674. The van der Waals surface area contributed by atoms with Gasteiger partial charge in [0.25, 0.3) is 0 Å². The van der Waals surface area contributed by atoms with Gasteiger partial charge in [-0.1, -0.05) is 12.8 Å². The average Bonchev–Trinajstić information content (AvgIpc) is 2.78. The average molecular weight is 155 g/mol. The van der Waals surface area contributed by atoms with Gasteiger partial charge in [-0.2, -0.15) is 0 Å².